The summed E-state index contributed by atoms with van der Waals surface area (Å²) >= 11 is 8.54. The molecule has 94 valence electrons. The lowest BCUT2D eigenvalue weighted by molar-refractivity contribution is -0.150. The molecule has 1 aromatic rings. The Balaban J connectivity index is 2.33. The number of carboxylic acid groups (broad SMARTS) is 1. The molecule has 1 fully saturated rings. The number of aromatic carboxylic acids is 1. The van der Waals surface area contributed by atoms with Gasteiger partial charge >= 0.3 is 12.1 Å². The van der Waals surface area contributed by atoms with Gasteiger partial charge in [-0.3, -0.25) is 0 Å². The molecule has 2 atom stereocenters. The lowest BCUT2D eigenvalue weighted by Crippen LogP contribution is -2.13. The number of alkyl halides is 3. The van der Waals surface area contributed by atoms with Crippen molar-refractivity contribution in [2.75, 3.05) is 0 Å². The van der Waals surface area contributed by atoms with E-state index in [1.807, 2.05) is 0 Å². The summed E-state index contributed by atoms with van der Waals surface area (Å²) in [5, 5.41) is 8.49. The molecule has 0 spiro atoms. The molecule has 1 aliphatic rings. The third kappa shape index (κ3) is 2.15. The summed E-state index contributed by atoms with van der Waals surface area (Å²) in [6, 6.07) is -0.877. The van der Waals surface area contributed by atoms with Crippen LogP contribution in [0.3, 0.4) is 0 Å². The molecule has 0 aliphatic heterocycles. The van der Waals surface area contributed by atoms with Gasteiger partial charge in [0.15, 0.2) is 5.69 Å². The standard InChI is InChI=1S/C8H5BrClF3N2O2/c9-5-4(6(16)17)14-7(10)15(5)3-1-2(3)8(11,12)13/h2-3H,1H2,(H,16,17). The van der Waals surface area contributed by atoms with E-state index in [0.29, 0.717) is 0 Å². The Morgan fingerprint density at radius 2 is 2.18 bits per heavy atom. The monoisotopic (exact) mass is 332 g/mol. The number of imidazole rings is 1. The van der Waals surface area contributed by atoms with Crippen LogP contribution < -0.4 is 0 Å². The molecule has 1 N–H and O–H groups in total. The van der Waals surface area contributed by atoms with Crippen LogP contribution in [0, 0.1) is 5.92 Å². The molecule has 0 amide bonds. The van der Waals surface area contributed by atoms with Crippen LogP contribution in [0.1, 0.15) is 23.0 Å². The number of aromatic nitrogens is 2. The minimum atomic E-state index is -4.30. The summed E-state index contributed by atoms with van der Waals surface area (Å²) in [7, 11) is 0. The highest BCUT2D eigenvalue weighted by molar-refractivity contribution is 9.10. The predicted octanol–water partition coefficient (Wildman–Crippen LogP) is 3.12. The zero-order valence-electron chi connectivity index (χ0n) is 8.00. The van der Waals surface area contributed by atoms with Gasteiger partial charge in [-0.05, 0) is 34.0 Å². The Labute approximate surface area is 107 Å². The number of nitrogens with zero attached hydrogens (tertiary/aromatic N) is 2. The predicted molar refractivity (Wildman–Crippen MR) is 55.1 cm³/mol. The first kappa shape index (κ1) is 12.7. The van der Waals surface area contributed by atoms with E-state index in [9.17, 15) is 18.0 Å². The minimum absolute atomic E-state index is 0.0354. The van der Waals surface area contributed by atoms with E-state index in [-0.39, 0.29) is 22.0 Å². The number of halogens is 5. The van der Waals surface area contributed by atoms with Crippen molar-refractivity contribution in [1.29, 1.82) is 0 Å². The van der Waals surface area contributed by atoms with Gasteiger partial charge in [0, 0.05) is 6.04 Å². The van der Waals surface area contributed by atoms with E-state index in [1.54, 1.807) is 0 Å². The zero-order chi connectivity index (χ0) is 13.0. The molecule has 0 radical (unpaired) electrons. The highest BCUT2D eigenvalue weighted by Gasteiger charge is 2.57. The van der Waals surface area contributed by atoms with Crippen LogP contribution in [0.4, 0.5) is 13.2 Å². The van der Waals surface area contributed by atoms with Crippen molar-refractivity contribution in [2.45, 2.75) is 18.6 Å². The molecule has 4 nitrogen and oxygen atoms in total. The van der Waals surface area contributed by atoms with Crippen molar-refractivity contribution < 1.29 is 23.1 Å². The Bertz CT molecular complexity index is 488. The molecule has 0 bridgehead atoms. The van der Waals surface area contributed by atoms with Gasteiger partial charge in [0.1, 0.15) is 4.60 Å². The molecule has 1 saturated carbocycles. The van der Waals surface area contributed by atoms with Crippen LogP contribution in [0.15, 0.2) is 4.60 Å². The highest BCUT2D eigenvalue weighted by atomic mass is 79.9. The average molecular weight is 333 g/mol. The molecular weight excluding hydrogens is 328 g/mol. The van der Waals surface area contributed by atoms with E-state index in [0.717, 1.165) is 4.57 Å². The molecule has 2 rings (SSSR count). The SMILES string of the molecule is O=C(O)c1nc(Cl)n(C2CC2C(F)(F)F)c1Br. The zero-order valence-corrected chi connectivity index (χ0v) is 10.3. The fourth-order valence-electron chi connectivity index (χ4n) is 1.62. The maximum absolute atomic E-state index is 12.4. The smallest absolute Gasteiger partial charge is 0.393 e. The average Bonchev–Trinajstić information content (AvgIpc) is 2.88. The number of hydrogen-bond acceptors (Lipinski definition) is 2. The van der Waals surface area contributed by atoms with Crippen LogP contribution in [-0.2, 0) is 0 Å². The summed E-state index contributed by atoms with van der Waals surface area (Å²) in [4.78, 5) is 14.2. The van der Waals surface area contributed by atoms with Gasteiger partial charge in [-0.25, -0.2) is 9.78 Å². The maximum atomic E-state index is 12.4. The number of rotatable bonds is 2. The molecular formula is C8H5BrClF3N2O2. The number of carboxylic acids is 1. The summed E-state index contributed by atoms with van der Waals surface area (Å²) < 4.78 is 38.2. The van der Waals surface area contributed by atoms with Gasteiger partial charge < -0.3 is 9.67 Å². The Morgan fingerprint density at radius 1 is 1.59 bits per heavy atom. The summed E-state index contributed by atoms with van der Waals surface area (Å²) in [6.45, 7) is 0. The van der Waals surface area contributed by atoms with Crippen molar-refractivity contribution in [1.82, 2.24) is 9.55 Å². The third-order valence-corrected chi connectivity index (χ3v) is 3.55. The van der Waals surface area contributed by atoms with E-state index < -0.39 is 24.1 Å². The molecule has 1 aliphatic carbocycles. The van der Waals surface area contributed by atoms with Gasteiger partial charge in [-0.2, -0.15) is 13.2 Å². The van der Waals surface area contributed by atoms with Crippen LogP contribution in [0.2, 0.25) is 5.28 Å². The topological polar surface area (TPSA) is 55.1 Å². The highest BCUT2D eigenvalue weighted by Crippen LogP contribution is 2.55. The number of hydrogen-bond donors (Lipinski definition) is 1. The first-order valence-corrected chi connectivity index (χ1v) is 5.63. The lowest BCUT2D eigenvalue weighted by atomic mass is 10.4. The normalized spacial score (nSPS) is 23.8. The van der Waals surface area contributed by atoms with Crippen molar-refractivity contribution in [2.24, 2.45) is 5.92 Å². The van der Waals surface area contributed by atoms with Gasteiger partial charge in [0.05, 0.1) is 5.92 Å². The molecule has 0 saturated heterocycles. The quantitative estimate of drug-likeness (QED) is 0.905. The second kappa shape index (κ2) is 3.88. The van der Waals surface area contributed by atoms with Gasteiger partial charge in [-0.1, -0.05) is 0 Å². The first-order chi connectivity index (χ1) is 7.73. The van der Waals surface area contributed by atoms with Crippen molar-refractivity contribution >= 4 is 33.5 Å². The Kier molecular flexibility index (Phi) is 2.89. The van der Waals surface area contributed by atoms with E-state index in [1.165, 1.54) is 0 Å². The summed E-state index contributed by atoms with van der Waals surface area (Å²) in [6.07, 6.45) is -4.42. The fourth-order valence-corrected chi connectivity index (χ4v) is 2.71. The van der Waals surface area contributed by atoms with Gasteiger partial charge in [-0.15, -0.1) is 0 Å². The van der Waals surface area contributed by atoms with E-state index >= 15 is 0 Å². The first-order valence-electron chi connectivity index (χ1n) is 4.46. The van der Waals surface area contributed by atoms with Crippen LogP contribution >= 0.6 is 27.5 Å². The van der Waals surface area contributed by atoms with Gasteiger partial charge in [0.2, 0.25) is 5.28 Å². The summed E-state index contributed by atoms with van der Waals surface area (Å²) in [5.41, 5.74) is -0.386. The van der Waals surface area contributed by atoms with Crippen LogP contribution in [-0.4, -0.2) is 26.8 Å². The van der Waals surface area contributed by atoms with Crippen molar-refractivity contribution in [3.05, 3.63) is 15.6 Å². The minimum Gasteiger partial charge on any atom is -0.476 e. The largest absolute Gasteiger partial charge is 0.476 e. The van der Waals surface area contributed by atoms with Gasteiger partial charge in [0.25, 0.3) is 0 Å². The Hall–Kier alpha value is -0.760. The van der Waals surface area contributed by atoms with Crippen LogP contribution in [0.5, 0.6) is 0 Å². The molecule has 1 aromatic heterocycles. The van der Waals surface area contributed by atoms with Crippen LogP contribution in [0.25, 0.3) is 0 Å². The fraction of sp³-hybridized carbons (Fsp3) is 0.500. The second-order valence-electron chi connectivity index (χ2n) is 3.65. The molecule has 17 heavy (non-hydrogen) atoms. The van der Waals surface area contributed by atoms with E-state index in [4.69, 9.17) is 16.7 Å². The molecule has 2 unspecified atom stereocenters. The maximum Gasteiger partial charge on any atom is 0.393 e. The summed E-state index contributed by atoms with van der Waals surface area (Å²) in [5.74, 6) is -2.84. The van der Waals surface area contributed by atoms with Crippen molar-refractivity contribution in [3.63, 3.8) is 0 Å². The molecule has 0 aromatic carbocycles. The Morgan fingerprint density at radius 3 is 2.53 bits per heavy atom. The molecule has 1 heterocycles. The number of carbonyl (C=O) groups is 1. The second-order valence-corrected chi connectivity index (χ2v) is 4.74. The third-order valence-electron chi connectivity index (χ3n) is 2.52. The lowest BCUT2D eigenvalue weighted by Gasteiger charge is -2.07. The van der Waals surface area contributed by atoms with E-state index in [2.05, 4.69) is 20.9 Å². The van der Waals surface area contributed by atoms with Crippen molar-refractivity contribution in [3.8, 4) is 0 Å². The molecule has 9 heteroatoms.